The SMILES string of the molecule is CCc1c(O)c2ccccc2n(Cc2ccccc2)c1=O. The molecule has 0 atom stereocenters. The number of fused-ring (bicyclic) bond motifs is 1. The average Bonchev–Trinajstić information content (AvgIpc) is 2.53. The first-order chi connectivity index (χ1) is 10.2. The van der Waals surface area contributed by atoms with Gasteiger partial charge in [0.05, 0.1) is 17.6 Å². The van der Waals surface area contributed by atoms with Crippen LogP contribution in [0.2, 0.25) is 0 Å². The van der Waals surface area contributed by atoms with E-state index in [2.05, 4.69) is 0 Å². The van der Waals surface area contributed by atoms with Gasteiger partial charge in [-0.05, 0) is 24.1 Å². The lowest BCUT2D eigenvalue weighted by Crippen LogP contribution is -2.24. The molecule has 1 N–H and O–H groups in total. The summed E-state index contributed by atoms with van der Waals surface area (Å²) in [6.07, 6.45) is 0.518. The van der Waals surface area contributed by atoms with Gasteiger partial charge in [0.1, 0.15) is 5.75 Å². The molecule has 0 fully saturated rings. The number of hydrogen-bond donors (Lipinski definition) is 1. The zero-order valence-corrected chi connectivity index (χ0v) is 11.9. The second-order valence-electron chi connectivity index (χ2n) is 5.07. The van der Waals surface area contributed by atoms with Crippen molar-refractivity contribution in [2.45, 2.75) is 19.9 Å². The standard InChI is InChI=1S/C18H17NO2/c1-2-14-17(20)15-10-6-7-11-16(15)19(18(14)21)12-13-8-4-3-5-9-13/h3-11,20H,2,12H2,1H3. The van der Waals surface area contributed by atoms with E-state index in [1.807, 2.05) is 61.5 Å². The van der Waals surface area contributed by atoms with Crippen molar-refractivity contribution in [3.63, 3.8) is 0 Å². The molecule has 0 unspecified atom stereocenters. The molecule has 21 heavy (non-hydrogen) atoms. The minimum atomic E-state index is -0.113. The van der Waals surface area contributed by atoms with Crippen LogP contribution in [0.25, 0.3) is 10.9 Å². The van der Waals surface area contributed by atoms with Gasteiger partial charge in [-0.3, -0.25) is 4.79 Å². The van der Waals surface area contributed by atoms with Crippen LogP contribution in [0.5, 0.6) is 5.75 Å². The van der Waals surface area contributed by atoms with Gasteiger partial charge >= 0.3 is 0 Å². The minimum absolute atomic E-state index is 0.113. The molecule has 1 aromatic heterocycles. The lowest BCUT2D eigenvalue weighted by molar-refractivity contribution is 0.472. The normalized spacial score (nSPS) is 10.9. The van der Waals surface area contributed by atoms with Crippen LogP contribution in [0.1, 0.15) is 18.1 Å². The predicted octanol–water partition coefficient (Wildman–Crippen LogP) is 3.32. The van der Waals surface area contributed by atoms with Crippen LogP contribution in [-0.4, -0.2) is 9.67 Å². The molecule has 1 heterocycles. The molecular weight excluding hydrogens is 262 g/mol. The zero-order valence-electron chi connectivity index (χ0n) is 11.9. The molecule has 3 rings (SSSR count). The number of rotatable bonds is 3. The number of nitrogens with zero attached hydrogens (tertiary/aromatic N) is 1. The van der Waals surface area contributed by atoms with Crippen molar-refractivity contribution in [1.29, 1.82) is 0 Å². The van der Waals surface area contributed by atoms with Crippen LogP contribution >= 0.6 is 0 Å². The third-order valence-corrected chi connectivity index (χ3v) is 3.78. The molecule has 3 heteroatoms. The van der Waals surface area contributed by atoms with Crippen LogP contribution in [0.15, 0.2) is 59.4 Å². The zero-order chi connectivity index (χ0) is 14.8. The fourth-order valence-corrected chi connectivity index (χ4v) is 2.69. The quantitative estimate of drug-likeness (QED) is 0.799. The highest BCUT2D eigenvalue weighted by atomic mass is 16.3. The lowest BCUT2D eigenvalue weighted by atomic mass is 10.1. The van der Waals surface area contributed by atoms with E-state index in [1.54, 1.807) is 4.57 Å². The fourth-order valence-electron chi connectivity index (χ4n) is 2.69. The van der Waals surface area contributed by atoms with Gasteiger partial charge in [-0.2, -0.15) is 0 Å². The van der Waals surface area contributed by atoms with Gasteiger partial charge < -0.3 is 9.67 Å². The summed E-state index contributed by atoms with van der Waals surface area (Å²) in [5.41, 5.74) is 2.20. The molecular formula is C18H17NO2. The van der Waals surface area contributed by atoms with Crippen molar-refractivity contribution in [3.8, 4) is 5.75 Å². The predicted molar refractivity (Wildman–Crippen MR) is 84.8 cm³/mol. The van der Waals surface area contributed by atoms with Gasteiger partial charge in [-0.25, -0.2) is 0 Å². The average molecular weight is 279 g/mol. The molecule has 0 saturated heterocycles. The van der Waals surface area contributed by atoms with Gasteiger partial charge in [0, 0.05) is 5.39 Å². The Morgan fingerprint density at radius 2 is 1.67 bits per heavy atom. The van der Waals surface area contributed by atoms with E-state index in [0.29, 0.717) is 18.5 Å². The molecule has 0 aliphatic rings. The van der Waals surface area contributed by atoms with E-state index >= 15 is 0 Å². The van der Waals surface area contributed by atoms with Crippen LogP contribution < -0.4 is 5.56 Å². The van der Waals surface area contributed by atoms with Crippen molar-refractivity contribution in [1.82, 2.24) is 4.57 Å². The number of hydrogen-bond acceptors (Lipinski definition) is 2. The molecule has 3 nitrogen and oxygen atoms in total. The van der Waals surface area contributed by atoms with Crippen molar-refractivity contribution in [2.24, 2.45) is 0 Å². The number of pyridine rings is 1. The molecule has 0 radical (unpaired) electrons. The van der Waals surface area contributed by atoms with Crippen molar-refractivity contribution < 1.29 is 5.11 Å². The number of para-hydroxylation sites is 1. The summed E-state index contributed by atoms with van der Waals surface area (Å²) in [4.78, 5) is 12.6. The van der Waals surface area contributed by atoms with Crippen LogP contribution in [-0.2, 0) is 13.0 Å². The second kappa shape index (κ2) is 5.44. The molecule has 0 aliphatic heterocycles. The van der Waals surface area contributed by atoms with Crippen LogP contribution in [0.3, 0.4) is 0 Å². The smallest absolute Gasteiger partial charge is 0.258 e. The Morgan fingerprint density at radius 1 is 1.00 bits per heavy atom. The highest BCUT2D eigenvalue weighted by molar-refractivity contribution is 5.86. The van der Waals surface area contributed by atoms with Crippen LogP contribution in [0.4, 0.5) is 0 Å². The summed E-state index contributed by atoms with van der Waals surface area (Å²) < 4.78 is 1.74. The van der Waals surface area contributed by atoms with Crippen molar-refractivity contribution in [2.75, 3.05) is 0 Å². The maximum atomic E-state index is 12.6. The Balaban J connectivity index is 2.28. The van der Waals surface area contributed by atoms with Crippen molar-refractivity contribution in [3.05, 3.63) is 76.1 Å². The summed E-state index contributed by atoms with van der Waals surface area (Å²) in [7, 11) is 0. The van der Waals surface area contributed by atoms with Crippen molar-refractivity contribution >= 4 is 10.9 Å². The Hall–Kier alpha value is -2.55. The Bertz CT molecular complexity index is 835. The first-order valence-corrected chi connectivity index (χ1v) is 7.09. The van der Waals surface area contributed by atoms with E-state index in [-0.39, 0.29) is 11.3 Å². The summed E-state index contributed by atoms with van der Waals surface area (Å²) in [6, 6.07) is 17.4. The molecule has 0 amide bonds. The Morgan fingerprint density at radius 3 is 2.38 bits per heavy atom. The number of aromatic hydroxyl groups is 1. The number of benzene rings is 2. The third-order valence-electron chi connectivity index (χ3n) is 3.78. The molecule has 106 valence electrons. The highest BCUT2D eigenvalue weighted by Gasteiger charge is 2.14. The van der Waals surface area contributed by atoms with Gasteiger partial charge in [0.15, 0.2) is 0 Å². The number of aromatic nitrogens is 1. The maximum absolute atomic E-state index is 12.6. The third kappa shape index (κ3) is 2.31. The summed E-state index contributed by atoms with van der Waals surface area (Å²) in [5, 5.41) is 11.0. The van der Waals surface area contributed by atoms with Gasteiger partial charge in [0.2, 0.25) is 0 Å². The molecule has 0 spiro atoms. The molecule has 0 bridgehead atoms. The fraction of sp³-hybridized carbons (Fsp3) is 0.167. The molecule has 3 aromatic rings. The minimum Gasteiger partial charge on any atom is -0.507 e. The first kappa shape index (κ1) is 13.4. The topological polar surface area (TPSA) is 42.2 Å². The van der Waals surface area contributed by atoms with E-state index in [9.17, 15) is 9.90 Å². The molecule has 2 aromatic carbocycles. The first-order valence-electron chi connectivity index (χ1n) is 7.09. The Labute approximate surface area is 123 Å². The van der Waals surface area contributed by atoms with E-state index in [4.69, 9.17) is 0 Å². The molecule has 0 aliphatic carbocycles. The maximum Gasteiger partial charge on any atom is 0.258 e. The Kier molecular flexibility index (Phi) is 3.48. The van der Waals surface area contributed by atoms with Crippen LogP contribution in [0, 0.1) is 0 Å². The van der Waals surface area contributed by atoms with E-state index in [1.165, 1.54) is 0 Å². The monoisotopic (exact) mass is 279 g/mol. The van der Waals surface area contributed by atoms with E-state index in [0.717, 1.165) is 16.5 Å². The van der Waals surface area contributed by atoms with Gasteiger partial charge in [-0.1, -0.05) is 49.4 Å². The van der Waals surface area contributed by atoms with Gasteiger partial charge in [0.25, 0.3) is 5.56 Å². The second-order valence-corrected chi connectivity index (χ2v) is 5.07. The molecule has 0 saturated carbocycles. The summed E-state index contributed by atoms with van der Waals surface area (Å²) in [5.74, 6) is 0.113. The highest BCUT2D eigenvalue weighted by Crippen LogP contribution is 2.26. The van der Waals surface area contributed by atoms with E-state index < -0.39 is 0 Å². The van der Waals surface area contributed by atoms with Gasteiger partial charge in [-0.15, -0.1) is 0 Å². The summed E-state index contributed by atoms with van der Waals surface area (Å²) >= 11 is 0. The largest absolute Gasteiger partial charge is 0.507 e. The summed E-state index contributed by atoms with van der Waals surface area (Å²) in [6.45, 7) is 2.39. The lowest BCUT2D eigenvalue weighted by Gasteiger charge is -2.14.